The Balaban J connectivity index is 3.14. The number of carbonyl (C=O) groups excluding carboxylic acids is 2. The molecule has 1 rings (SSSR count). The molecule has 24 heavy (non-hydrogen) atoms. The highest BCUT2D eigenvalue weighted by Crippen LogP contribution is 2.25. The zero-order valence-electron chi connectivity index (χ0n) is 13.8. The number of aliphatic hydroxyl groups excluding tert-OH is 1. The Kier molecular flexibility index (Phi) is 7.54. The first-order valence-electron chi connectivity index (χ1n) is 7.07. The van der Waals surface area contributed by atoms with Gasteiger partial charge in [-0.15, -0.1) is 0 Å². The van der Waals surface area contributed by atoms with Crippen LogP contribution in [0, 0.1) is 5.92 Å². The highest BCUT2D eigenvalue weighted by atomic mass is 35.5. The van der Waals surface area contributed by atoms with E-state index in [1.165, 1.54) is 32.4 Å². The number of rotatable bonds is 7. The average molecular weight is 358 g/mol. The summed E-state index contributed by atoms with van der Waals surface area (Å²) in [6, 6.07) is 4.28. The number of hydrogen-bond donors (Lipinski definition) is 2. The predicted octanol–water partition coefficient (Wildman–Crippen LogP) is 2.08. The summed E-state index contributed by atoms with van der Waals surface area (Å²) in [6.07, 6.45) is 0.00405. The van der Waals surface area contributed by atoms with Crippen LogP contribution >= 0.6 is 11.6 Å². The molecule has 0 aliphatic carbocycles. The minimum absolute atomic E-state index is 0.0492. The van der Waals surface area contributed by atoms with E-state index in [9.17, 15) is 14.7 Å². The zero-order valence-corrected chi connectivity index (χ0v) is 14.6. The van der Waals surface area contributed by atoms with Gasteiger partial charge >= 0.3 is 5.97 Å². The highest BCUT2D eigenvalue weighted by Gasteiger charge is 2.21. The van der Waals surface area contributed by atoms with Crippen LogP contribution in [0.15, 0.2) is 30.2 Å². The molecule has 7 nitrogen and oxygen atoms in total. The molecule has 0 saturated heterocycles. The molecule has 0 bridgehead atoms. The van der Waals surface area contributed by atoms with E-state index in [0.29, 0.717) is 5.02 Å². The molecule has 1 atom stereocenters. The second-order valence-corrected chi connectivity index (χ2v) is 5.55. The van der Waals surface area contributed by atoms with Crippen LogP contribution in [-0.2, 0) is 14.3 Å². The molecule has 1 aromatic carbocycles. The average Bonchev–Trinajstić information content (AvgIpc) is 2.54. The fraction of sp³-hybridized carbons (Fsp3) is 0.375. The summed E-state index contributed by atoms with van der Waals surface area (Å²) >= 11 is 5.92. The molecular weight excluding hydrogens is 338 g/mol. The van der Waals surface area contributed by atoms with E-state index in [1.54, 1.807) is 13.8 Å². The van der Waals surface area contributed by atoms with E-state index in [1.807, 2.05) is 0 Å². The maximum atomic E-state index is 12.3. The summed E-state index contributed by atoms with van der Waals surface area (Å²) in [7, 11) is 2.52. The van der Waals surface area contributed by atoms with Gasteiger partial charge in [0.15, 0.2) is 0 Å². The van der Waals surface area contributed by atoms with Crippen LogP contribution < -0.4 is 10.1 Å². The maximum absolute atomic E-state index is 12.3. The van der Waals surface area contributed by atoms with Crippen LogP contribution in [0.25, 0.3) is 0 Å². The van der Waals surface area contributed by atoms with Crippen molar-refractivity contribution in [2.24, 2.45) is 5.92 Å². The largest absolute Gasteiger partial charge is 0.500 e. The Morgan fingerprint density at radius 1 is 1.29 bits per heavy atom. The summed E-state index contributed by atoms with van der Waals surface area (Å²) in [5, 5.41) is 12.5. The lowest BCUT2D eigenvalue weighted by molar-refractivity contribution is -0.138. The van der Waals surface area contributed by atoms with Crippen LogP contribution in [0.4, 0.5) is 0 Å². The molecule has 0 aliphatic heterocycles. The molecule has 0 fully saturated rings. The monoisotopic (exact) mass is 357 g/mol. The first kappa shape index (κ1) is 19.8. The van der Waals surface area contributed by atoms with Gasteiger partial charge in [0, 0.05) is 5.02 Å². The van der Waals surface area contributed by atoms with Crippen LogP contribution in [0.5, 0.6) is 5.75 Å². The number of methoxy groups -OCH3 is 2. The fourth-order valence-electron chi connectivity index (χ4n) is 1.59. The van der Waals surface area contributed by atoms with E-state index >= 15 is 0 Å². The standard InChI is InChI=1S/C16H20ClNO6/c1-9(2)14(19)18-15(20)11-7-10(17)5-6-12(11)24-13(8-22-3)16(21)23-4/h5-9,14,19H,1-4H3,(H,18,20). The lowest BCUT2D eigenvalue weighted by Crippen LogP contribution is -2.38. The Morgan fingerprint density at radius 3 is 2.50 bits per heavy atom. The SMILES string of the molecule is COC=C(Oc1ccc(Cl)cc1C(=O)NC(O)C(C)C)C(=O)OC. The van der Waals surface area contributed by atoms with E-state index in [0.717, 1.165) is 6.26 Å². The molecule has 0 aromatic heterocycles. The highest BCUT2D eigenvalue weighted by molar-refractivity contribution is 6.31. The van der Waals surface area contributed by atoms with Crippen molar-refractivity contribution in [1.29, 1.82) is 0 Å². The summed E-state index contributed by atoms with van der Waals surface area (Å²) < 4.78 is 14.8. The van der Waals surface area contributed by atoms with E-state index in [-0.39, 0.29) is 23.0 Å². The van der Waals surface area contributed by atoms with Crippen molar-refractivity contribution in [3.05, 3.63) is 40.8 Å². The van der Waals surface area contributed by atoms with Crippen molar-refractivity contribution >= 4 is 23.5 Å². The van der Waals surface area contributed by atoms with Gasteiger partial charge < -0.3 is 24.6 Å². The number of amides is 1. The predicted molar refractivity (Wildman–Crippen MR) is 87.5 cm³/mol. The molecule has 132 valence electrons. The van der Waals surface area contributed by atoms with Crippen molar-refractivity contribution in [3.63, 3.8) is 0 Å². The van der Waals surface area contributed by atoms with Crippen molar-refractivity contribution < 1.29 is 28.9 Å². The lowest BCUT2D eigenvalue weighted by atomic mass is 10.1. The smallest absolute Gasteiger partial charge is 0.377 e. The number of hydrogen-bond acceptors (Lipinski definition) is 6. The van der Waals surface area contributed by atoms with Crippen LogP contribution in [0.1, 0.15) is 24.2 Å². The summed E-state index contributed by atoms with van der Waals surface area (Å²) in [6.45, 7) is 3.49. The molecule has 0 heterocycles. The summed E-state index contributed by atoms with van der Waals surface area (Å²) in [5.74, 6) is -1.76. The second kappa shape index (κ2) is 9.14. The number of aliphatic hydroxyl groups is 1. The minimum atomic E-state index is -1.04. The van der Waals surface area contributed by atoms with Gasteiger partial charge in [-0.2, -0.15) is 0 Å². The normalized spacial score (nSPS) is 12.5. The number of ether oxygens (including phenoxy) is 3. The van der Waals surface area contributed by atoms with Gasteiger partial charge in [0.1, 0.15) is 18.2 Å². The molecule has 1 amide bonds. The van der Waals surface area contributed by atoms with Gasteiger partial charge in [0.2, 0.25) is 5.76 Å². The van der Waals surface area contributed by atoms with Gasteiger partial charge in [-0.1, -0.05) is 25.4 Å². The number of carbonyl (C=O) groups is 2. The third-order valence-electron chi connectivity index (χ3n) is 2.93. The van der Waals surface area contributed by atoms with Crippen molar-refractivity contribution in [3.8, 4) is 5.75 Å². The number of esters is 1. The first-order chi connectivity index (χ1) is 11.3. The van der Waals surface area contributed by atoms with Gasteiger partial charge in [-0.25, -0.2) is 4.79 Å². The topological polar surface area (TPSA) is 94.1 Å². The van der Waals surface area contributed by atoms with Crippen molar-refractivity contribution in [2.45, 2.75) is 20.1 Å². The van der Waals surface area contributed by atoms with Gasteiger partial charge in [-0.3, -0.25) is 4.79 Å². The second-order valence-electron chi connectivity index (χ2n) is 5.11. The third-order valence-corrected chi connectivity index (χ3v) is 3.16. The Hall–Kier alpha value is -2.25. The van der Waals surface area contributed by atoms with E-state index < -0.39 is 18.1 Å². The summed E-state index contributed by atoms with van der Waals surface area (Å²) in [5.41, 5.74) is 0.0492. The molecule has 0 spiro atoms. The molecule has 2 N–H and O–H groups in total. The lowest BCUT2D eigenvalue weighted by Gasteiger charge is -2.18. The van der Waals surface area contributed by atoms with Gasteiger partial charge in [0.05, 0.1) is 19.8 Å². The Labute approximate surface area is 145 Å². The Morgan fingerprint density at radius 2 is 1.96 bits per heavy atom. The molecule has 1 unspecified atom stereocenters. The van der Waals surface area contributed by atoms with Crippen LogP contribution in [0.3, 0.4) is 0 Å². The Bertz CT molecular complexity index is 629. The first-order valence-corrected chi connectivity index (χ1v) is 7.45. The molecule has 8 heteroatoms. The maximum Gasteiger partial charge on any atom is 0.377 e. The third kappa shape index (κ3) is 5.43. The van der Waals surface area contributed by atoms with Crippen molar-refractivity contribution in [2.75, 3.05) is 14.2 Å². The van der Waals surface area contributed by atoms with Gasteiger partial charge in [0.25, 0.3) is 5.91 Å². The van der Waals surface area contributed by atoms with Crippen LogP contribution in [0.2, 0.25) is 5.02 Å². The van der Waals surface area contributed by atoms with E-state index in [4.69, 9.17) is 21.1 Å². The van der Waals surface area contributed by atoms with Crippen LogP contribution in [-0.4, -0.2) is 37.4 Å². The molecule has 0 aliphatic rings. The number of halogens is 1. The summed E-state index contributed by atoms with van der Waals surface area (Å²) in [4.78, 5) is 24.0. The molecule has 0 radical (unpaired) electrons. The molecule has 0 saturated carbocycles. The number of nitrogens with one attached hydrogen (secondary N) is 1. The molecule has 1 aromatic rings. The quantitative estimate of drug-likeness (QED) is 0.336. The van der Waals surface area contributed by atoms with E-state index in [2.05, 4.69) is 10.1 Å². The van der Waals surface area contributed by atoms with Crippen molar-refractivity contribution in [1.82, 2.24) is 5.32 Å². The molecular formula is C16H20ClNO6. The number of benzene rings is 1. The zero-order chi connectivity index (χ0) is 18.3. The minimum Gasteiger partial charge on any atom is -0.500 e. The van der Waals surface area contributed by atoms with Gasteiger partial charge in [-0.05, 0) is 24.1 Å². The fourth-order valence-corrected chi connectivity index (χ4v) is 1.76.